The van der Waals surface area contributed by atoms with Crippen LogP contribution in [0.4, 0.5) is 0 Å². The Labute approximate surface area is 81.3 Å². The molecule has 0 spiro atoms. The van der Waals surface area contributed by atoms with Gasteiger partial charge in [-0.25, -0.2) is 0 Å². The van der Waals surface area contributed by atoms with Crippen molar-refractivity contribution in [1.29, 1.82) is 0 Å². The second-order valence-electron chi connectivity index (χ2n) is 3.26. The Hall–Kier alpha value is -0.340. The molecule has 2 nitrogen and oxygen atoms in total. The number of hydrogen-bond acceptors (Lipinski definition) is 2. The van der Waals surface area contributed by atoms with Crippen LogP contribution in [-0.2, 0) is 0 Å². The third kappa shape index (κ3) is 11.7. The average Bonchev–Trinajstić information content (AvgIpc) is 2.16. The van der Waals surface area contributed by atoms with Gasteiger partial charge in [0.05, 0.1) is 0 Å². The lowest BCUT2D eigenvalue weighted by Gasteiger charge is -1.94. The maximum absolute atomic E-state index is 8.52. The number of aliphatic hydroxyl groups is 2. The van der Waals surface area contributed by atoms with Crippen LogP contribution in [0, 0.1) is 0 Å². The van der Waals surface area contributed by atoms with Crippen LogP contribution >= 0.6 is 0 Å². The Kier molecular flexibility index (Phi) is 11.4. The summed E-state index contributed by atoms with van der Waals surface area (Å²) in [7, 11) is 0. The van der Waals surface area contributed by atoms with E-state index in [1.807, 2.05) is 0 Å². The lowest BCUT2D eigenvalue weighted by Crippen LogP contribution is -1.82. The third-order valence-electron chi connectivity index (χ3n) is 1.97. The van der Waals surface area contributed by atoms with E-state index in [2.05, 4.69) is 12.2 Å². The van der Waals surface area contributed by atoms with Crippen molar-refractivity contribution in [2.75, 3.05) is 13.2 Å². The minimum absolute atomic E-state index is 0.310. The van der Waals surface area contributed by atoms with Crippen molar-refractivity contribution in [1.82, 2.24) is 0 Å². The van der Waals surface area contributed by atoms with E-state index >= 15 is 0 Å². The summed E-state index contributed by atoms with van der Waals surface area (Å²) in [5, 5.41) is 17.0. The molecule has 0 aliphatic carbocycles. The van der Waals surface area contributed by atoms with Crippen LogP contribution in [-0.4, -0.2) is 23.4 Å². The molecule has 0 amide bonds. The second kappa shape index (κ2) is 11.7. The van der Waals surface area contributed by atoms with E-state index in [1.165, 1.54) is 6.42 Å². The van der Waals surface area contributed by atoms with Crippen molar-refractivity contribution >= 4 is 0 Å². The molecule has 0 atom stereocenters. The number of hydrogen-bond donors (Lipinski definition) is 2. The van der Waals surface area contributed by atoms with E-state index in [0.717, 1.165) is 38.5 Å². The first-order chi connectivity index (χ1) is 6.41. The average molecular weight is 186 g/mol. The van der Waals surface area contributed by atoms with Gasteiger partial charge in [-0.3, -0.25) is 0 Å². The number of rotatable bonds is 9. The zero-order valence-corrected chi connectivity index (χ0v) is 8.41. The van der Waals surface area contributed by atoms with Crippen molar-refractivity contribution in [3.05, 3.63) is 12.2 Å². The van der Waals surface area contributed by atoms with Crippen molar-refractivity contribution in [2.45, 2.75) is 44.9 Å². The molecule has 0 aliphatic heterocycles. The van der Waals surface area contributed by atoms with Crippen LogP contribution in [0.3, 0.4) is 0 Å². The van der Waals surface area contributed by atoms with Crippen LogP contribution in [0.2, 0.25) is 0 Å². The van der Waals surface area contributed by atoms with Crippen LogP contribution in [0.15, 0.2) is 12.2 Å². The highest BCUT2D eigenvalue weighted by atomic mass is 16.3. The zero-order chi connectivity index (χ0) is 9.78. The van der Waals surface area contributed by atoms with Gasteiger partial charge in [-0.15, -0.1) is 0 Å². The summed E-state index contributed by atoms with van der Waals surface area (Å²) in [5.74, 6) is 0. The summed E-state index contributed by atoms with van der Waals surface area (Å²) in [6, 6.07) is 0. The fraction of sp³-hybridized carbons (Fsp3) is 0.818. The van der Waals surface area contributed by atoms with E-state index < -0.39 is 0 Å². The molecule has 0 fully saturated rings. The van der Waals surface area contributed by atoms with Crippen LogP contribution in [0.25, 0.3) is 0 Å². The quantitative estimate of drug-likeness (QED) is 0.428. The molecule has 78 valence electrons. The topological polar surface area (TPSA) is 40.5 Å². The molecule has 0 radical (unpaired) electrons. The molecule has 0 bridgehead atoms. The van der Waals surface area contributed by atoms with Gasteiger partial charge in [0.25, 0.3) is 0 Å². The molecule has 0 unspecified atom stereocenters. The smallest absolute Gasteiger partial charge is 0.0431 e. The van der Waals surface area contributed by atoms with Crippen LogP contribution in [0.5, 0.6) is 0 Å². The molecule has 0 heterocycles. The van der Waals surface area contributed by atoms with E-state index in [-0.39, 0.29) is 0 Å². The summed E-state index contributed by atoms with van der Waals surface area (Å²) in [4.78, 5) is 0. The minimum atomic E-state index is 0.310. The van der Waals surface area contributed by atoms with Gasteiger partial charge in [0.1, 0.15) is 0 Å². The molecule has 0 saturated carbocycles. The number of aliphatic hydroxyl groups excluding tert-OH is 2. The van der Waals surface area contributed by atoms with Gasteiger partial charge in [0, 0.05) is 13.2 Å². The summed E-state index contributed by atoms with van der Waals surface area (Å²) in [6.07, 6.45) is 11.8. The van der Waals surface area contributed by atoms with Crippen molar-refractivity contribution in [3.8, 4) is 0 Å². The molecule has 0 aliphatic rings. The largest absolute Gasteiger partial charge is 0.396 e. The molecular formula is C11H22O2. The molecule has 13 heavy (non-hydrogen) atoms. The predicted molar refractivity (Wildman–Crippen MR) is 55.6 cm³/mol. The normalized spacial score (nSPS) is 11.2. The van der Waals surface area contributed by atoms with Gasteiger partial charge in [-0.1, -0.05) is 18.6 Å². The third-order valence-corrected chi connectivity index (χ3v) is 1.97. The molecule has 0 aromatic carbocycles. The predicted octanol–water partition coefficient (Wildman–Crippen LogP) is 2.26. The van der Waals surface area contributed by atoms with Crippen molar-refractivity contribution in [2.24, 2.45) is 0 Å². The first-order valence-corrected chi connectivity index (χ1v) is 5.28. The molecule has 0 rings (SSSR count). The monoisotopic (exact) mass is 186 g/mol. The highest BCUT2D eigenvalue weighted by molar-refractivity contribution is 4.81. The number of allylic oxidation sites excluding steroid dienone is 2. The van der Waals surface area contributed by atoms with Crippen LogP contribution < -0.4 is 0 Å². The molecule has 2 N–H and O–H groups in total. The lowest BCUT2D eigenvalue weighted by molar-refractivity contribution is 0.283. The second-order valence-corrected chi connectivity index (χ2v) is 3.26. The maximum Gasteiger partial charge on any atom is 0.0431 e. The lowest BCUT2D eigenvalue weighted by atomic mass is 10.1. The first-order valence-electron chi connectivity index (χ1n) is 5.28. The SMILES string of the molecule is OCCCCC=CCCCCCO. The minimum Gasteiger partial charge on any atom is -0.396 e. The fourth-order valence-electron chi connectivity index (χ4n) is 1.16. The summed E-state index contributed by atoms with van der Waals surface area (Å²) < 4.78 is 0. The van der Waals surface area contributed by atoms with Gasteiger partial charge in [-0.05, 0) is 38.5 Å². The zero-order valence-electron chi connectivity index (χ0n) is 8.41. The molecule has 0 saturated heterocycles. The Morgan fingerprint density at radius 2 is 1.08 bits per heavy atom. The fourth-order valence-corrected chi connectivity index (χ4v) is 1.16. The summed E-state index contributed by atoms with van der Waals surface area (Å²) in [5.41, 5.74) is 0. The van der Waals surface area contributed by atoms with Crippen molar-refractivity contribution < 1.29 is 10.2 Å². The molecule has 0 aromatic rings. The maximum atomic E-state index is 8.52. The van der Waals surface area contributed by atoms with Crippen LogP contribution in [0.1, 0.15) is 44.9 Å². The molecule has 2 heteroatoms. The first kappa shape index (κ1) is 12.7. The highest BCUT2D eigenvalue weighted by Crippen LogP contribution is 2.02. The number of unbranched alkanes of at least 4 members (excludes halogenated alkanes) is 5. The van der Waals surface area contributed by atoms with Gasteiger partial charge in [-0.2, -0.15) is 0 Å². The van der Waals surface area contributed by atoms with E-state index in [9.17, 15) is 0 Å². The Balaban J connectivity index is 2.95. The van der Waals surface area contributed by atoms with Gasteiger partial charge in [0.2, 0.25) is 0 Å². The Morgan fingerprint density at radius 1 is 0.615 bits per heavy atom. The molecular weight excluding hydrogens is 164 g/mol. The van der Waals surface area contributed by atoms with Gasteiger partial charge >= 0.3 is 0 Å². The van der Waals surface area contributed by atoms with E-state index in [0.29, 0.717) is 13.2 Å². The standard InChI is InChI=1S/C11H22O2/c12-10-8-6-4-2-1-3-5-7-9-11-13/h1-2,12-13H,3-11H2. The van der Waals surface area contributed by atoms with E-state index in [1.54, 1.807) is 0 Å². The Bertz CT molecular complexity index is 111. The molecule has 0 aromatic heterocycles. The summed E-state index contributed by atoms with van der Waals surface area (Å²) in [6.45, 7) is 0.630. The van der Waals surface area contributed by atoms with Crippen molar-refractivity contribution in [3.63, 3.8) is 0 Å². The highest BCUT2D eigenvalue weighted by Gasteiger charge is 1.85. The summed E-state index contributed by atoms with van der Waals surface area (Å²) >= 11 is 0. The van der Waals surface area contributed by atoms with E-state index in [4.69, 9.17) is 10.2 Å². The van der Waals surface area contributed by atoms with Gasteiger partial charge in [0.15, 0.2) is 0 Å². The van der Waals surface area contributed by atoms with Gasteiger partial charge < -0.3 is 10.2 Å². The Morgan fingerprint density at radius 3 is 1.62 bits per heavy atom.